The van der Waals surface area contributed by atoms with Crippen molar-refractivity contribution in [3.05, 3.63) is 63.2 Å². The lowest BCUT2D eigenvalue weighted by Gasteiger charge is -2.09. The number of methoxy groups -OCH3 is 1. The smallest absolute Gasteiger partial charge is 0.274 e. The van der Waals surface area contributed by atoms with Crippen LogP contribution >= 0.6 is 11.6 Å². The maximum atomic E-state index is 10.9. The summed E-state index contributed by atoms with van der Waals surface area (Å²) in [4.78, 5) is 10.5. The lowest BCUT2D eigenvalue weighted by molar-refractivity contribution is -0.385. The summed E-state index contributed by atoms with van der Waals surface area (Å²) in [6.45, 7) is 0.349. The monoisotopic (exact) mass is 292 g/mol. The van der Waals surface area contributed by atoms with Gasteiger partial charge < -0.3 is 10.1 Å². The second kappa shape index (κ2) is 6.25. The summed E-state index contributed by atoms with van der Waals surface area (Å²) in [6, 6.07) is 11.9. The molecule has 0 bridgehead atoms. The number of nitrogens with one attached hydrogen (secondary N) is 1. The predicted octanol–water partition coefficient (Wildman–Crippen LogP) is 3.87. The molecule has 2 rings (SSSR count). The Morgan fingerprint density at radius 2 is 2.05 bits per heavy atom. The Hall–Kier alpha value is -2.27. The van der Waals surface area contributed by atoms with Crippen LogP contribution in [0.5, 0.6) is 5.75 Å². The molecule has 2 aromatic carbocycles. The summed E-state index contributed by atoms with van der Waals surface area (Å²) in [7, 11) is 1.53. The quantitative estimate of drug-likeness (QED) is 0.671. The molecule has 6 heteroatoms. The minimum absolute atomic E-state index is 0.0981. The molecule has 20 heavy (non-hydrogen) atoms. The van der Waals surface area contributed by atoms with Gasteiger partial charge in [-0.05, 0) is 12.1 Å². The lowest BCUT2D eigenvalue weighted by Crippen LogP contribution is -2.03. The number of benzene rings is 2. The molecular formula is C14H13ClN2O3. The van der Waals surface area contributed by atoms with E-state index in [1.165, 1.54) is 13.2 Å². The molecule has 0 unspecified atom stereocenters. The molecule has 0 saturated heterocycles. The number of ether oxygens (including phenoxy) is 1. The molecule has 0 aromatic heterocycles. The zero-order valence-electron chi connectivity index (χ0n) is 10.8. The number of para-hydroxylation sites is 1. The fourth-order valence-corrected chi connectivity index (χ4v) is 2.00. The molecule has 0 aliphatic rings. The normalized spacial score (nSPS) is 10.1. The molecule has 0 fully saturated rings. The van der Waals surface area contributed by atoms with Crippen molar-refractivity contribution in [2.24, 2.45) is 0 Å². The van der Waals surface area contributed by atoms with Crippen molar-refractivity contribution in [1.29, 1.82) is 0 Å². The fraction of sp³-hybridized carbons (Fsp3) is 0.143. The van der Waals surface area contributed by atoms with Gasteiger partial charge in [-0.3, -0.25) is 10.1 Å². The van der Waals surface area contributed by atoms with Crippen LogP contribution in [0, 0.1) is 10.1 Å². The second-order valence-electron chi connectivity index (χ2n) is 4.09. The Kier molecular flexibility index (Phi) is 4.42. The van der Waals surface area contributed by atoms with Crippen LogP contribution in [0.25, 0.3) is 0 Å². The minimum atomic E-state index is -0.389. The number of nitrogens with zero attached hydrogens (tertiary/aromatic N) is 1. The Labute approximate surface area is 121 Å². The van der Waals surface area contributed by atoms with E-state index < -0.39 is 0 Å². The highest BCUT2D eigenvalue weighted by molar-refractivity contribution is 6.32. The summed E-state index contributed by atoms with van der Waals surface area (Å²) in [6.07, 6.45) is 0. The average molecular weight is 293 g/mol. The van der Waals surface area contributed by atoms with Crippen LogP contribution < -0.4 is 10.1 Å². The first-order valence-electron chi connectivity index (χ1n) is 5.91. The molecule has 1 N–H and O–H groups in total. The van der Waals surface area contributed by atoms with E-state index in [1.54, 1.807) is 36.4 Å². The van der Waals surface area contributed by atoms with E-state index in [0.29, 0.717) is 22.9 Å². The molecule has 0 atom stereocenters. The Morgan fingerprint density at radius 3 is 2.75 bits per heavy atom. The largest absolute Gasteiger partial charge is 0.495 e. The summed E-state index contributed by atoms with van der Waals surface area (Å²) >= 11 is 5.94. The standard InChI is InChI=1S/C14H13ClN2O3/c1-20-14-8-11(6-7-12(14)15)16-9-10-4-2-3-5-13(10)17(18)19/h2-8,16H,9H2,1H3. The molecule has 0 amide bonds. The van der Waals surface area contributed by atoms with Crippen LogP contribution in [0.3, 0.4) is 0 Å². The van der Waals surface area contributed by atoms with Crippen molar-refractivity contribution in [3.63, 3.8) is 0 Å². The van der Waals surface area contributed by atoms with E-state index in [0.717, 1.165) is 5.69 Å². The average Bonchev–Trinajstić information content (AvgIpc) is 2.46. The van der Waals surface area contributed by atoms with Crippen LogP contribution in [-0.2, 0) is 6.54 Å². The topological polar surface area (TPSA) is 64.4 Å². The van der Waals surface area contributed by atoms with E-state index in [9.17, 15) is 10.1 Å². The molecule has 2 aromatic rings. The third kappa shape index (κ3) is 3.19. The van der Waals surface area contributed by atoms with Crippen molar-refractivity contribution >= 4 is 23.0 Å². The van der Waals surface area contributed by atoms with Gasteiger partial charge in [0.1, 0.15) is 5.75 Å². The maximum absolute atomic E-state index is 10.9. The summed E-state index contributed by atoms with van der Waals surface area (Å²) < 4.78 is 5.12. The first-order chi connectivity index (χ1) is 9.61. The third-order valence-electron chi connectivity index (χ3n) is 2.82. The number of rotatable bonds is 5. The first kappa shape index (κ1) is 14.1. The fourth-order valence-electron chi connectivity index (χ4n) is 1.81. The number of hydrogen-bond donors (Lipinski definition) is 1. The Morgan fingerprint density at radius 1 is 1.30 bits per heavy atom. The van der Waals surface area contributed by atoms with Gasteiger partial charge in [0.2, 0.25) is 0 Å². The molecule has 0 heterocycles. The summed E-state index contributed by atoms with van der Waals surface area (Å²) in [5.41, 5.74) is 1.50. The summed E-state index contributed by atoms with van der Waals surface area (Å²) in [5.74, 6) is 0.555. The Balaban J connectivity index is 2.15. The van der Waals surface area contributed by atoms with Crippen molar-refractivity contribution in [2.75, 3.05) is 12.4 Å². The van der Waals surface area contributed by atoms with Crippen LogP contribution in [0.4, 0.5) is 11.4 Å². The highest BCUT2D eigenvalue weighted by Gasteiger charge is 2.11. The highest BCUT2D eigenvalue weighted by atomic mass is 35.5. The molecule has 0 spiro atoms. The van der Waals surface area contributed by atoms with Gasteiger partial charge in [-0.2, -0.15) is 0 Å². The first-order valence-corrected chi connectivity index (χ1v) is 6.29. The number of nitro groups is 1. The van der Waals surface area contributed by atoms with E-state index in [1.807, 2.05) is 0 Å². The second-order valence-corrected chi connectivity index (χ2v) is 4.50. The van der Waals surface area contributed by atoms with Gasteiger partial charge in [0.15, 0.2) is 0 Å². The van der Waals surface area contributed by atoms with Crippen molar-refractivity contribution < 1.29 is 9.66 Å². The molecule has 0 saturated carbocycles. The number of anilines is 1. The van der Waals surface area contributed by atoms with E-state index in [4.69, 9.17) is 16.3 Å². The van der Waals surface area contributed by atoms with Crippen LogP contribution in [-0.4, -0.2) is 12.0 Å². The zero-order chi connectivity index (χ0) is 14.5. The number of hydrogen-bond acceptors (Lipinski definition) is 4. The third-order valence-corrected chi connectivity index (χ3v) is 3.13. The van der Waals surface area contributed by atoms with Crippen LogP contribution in [0.1, 0.15) is 5.56 Å². The molecule has 5 nitrogen and oxygen atoms in total. The van der Waals surface area contributed by atoms with Crippen molar-refractivity contribution in [2.45, 2.75) is 6.54 Å². The van der Waals surface area contributed by atoms with Gasteiger partial charge in [0.25, 0.3) is 5.69 Å². The van der Waals surface area contributed by atoms with Gasteiger partial charge in [-0.25, -0.2) is 0 Å². The SMILES string of the molecule is COc1cc(NCc2ccccc2[N+](=O)[O-])ccc1Cl. The van der Waals surface area contributed by atoms with Crippen LogP contribution in [0.2, 0.25) is 5.02 Å². The number of halogens is 1. The molecule has 0 radical (unpaired) electrons. The van der Waals surface area contributed by atoms with Gasteiger partial charge in [-0.1, -0.05) is 29.8 Å². The van der Waals surface area contributed by atoms with Crippen LogP contribution in [0.15, 0.2) is 42.5 Å². The molecular weight excluding hydrogens is 280 g/mol. The molecule has 0 aliphatic carbocycles. The van der Waals surface area contributed by atoms with Crippen molar-refractivity contribution in [1.82, 2.24) is 0 Å². The molecule has 0 aliphatic heterocycles. The predicted molar refractivity (Wildman–Crippen MR) is 78.4 cm³/mol. The van der Waals surface area contributed by atoms with Gasteiger partial charge in [0, 0.05) is 29.9 Å². The minimum Gasteiger partial charge on any atom is -0.495 e. The van der Waals surface area contributed by atoms with Crippen molar-refractivity contribution in [3.8, 4) is 5.75 Å². The molecule has 104 valence electrons. The van der Waals surface area contributed by atoms with E-state index in [-0.39, 0.29) is 10.6 Å². The van der Waals surface area contributed by atoms with Gasteiger partial charge in [0.05, 0.1) is 17.1 Å². The summed E-state index contributed by atoms with van der Waals surface area (Å²) in [5, 5.41) is 14.6. The van der Waals surface area contributed by atoms with Gasteiger partial charge >= 0.3 is 0 Å². The number of nitro benzene ring substituents is 1. The van der Waals surface area contributed by atoms with E-state index in [2.05, 4.69) is 5.32 Å². The van der Waals surface area contributed by atoms with Gasteiger partial charge in [-0.15, -0.1) is 0 Å². The Bertz CT molecular complexity index is 632. The highest BCUT2D eigenvalue weighted by Crippen LogP contribution is 2.28. The lowest BCUT2D eigenvalue weighted by atomic mass is 10.1. The van der Waals surface area contributed by atoms with E-state index >= 15 is 0 Å². The zero-order valence-corrected chi connectivity index (χ0v) is 11.6. The maximum Gasteiger partial charge on any atom is 0.274 e.